The summed E-state index contributed by atoms with van der Waals surface area (Å²) in [6, 6.07) is 16.1. The zero-order valence-electron chi connectivity index (χ0n) is 27.3. The van der Waals surface area contributed by atoms with Gasteiger partial charge in [0.1, 0.15) is 17.4 Å². The maximum atomic E-state index is 12.6. The SMILES string of the molecule is CC(C)(C)OC(=O)N1CCC(Oc2nc(-c3nn(C4CCCCO4)c4ccc(C5=CCCS(=O)(=O)C5)cc34)cc3ccccc23)CC1. The molecule has 4 aromatic rings. The highest BCUT2D eigenvalue weighted by Crippen LogP contribution is 2.37. The maximum absolute atomic E-state index is 12.6. The molecular formula is C36H42N4O6S. The van der Waals surface area contributed by atoms with Crippen LogP contribution in [-0.2, 0) is 19.3 Å². The number of likely N-dealkylation sites (tertiary alicyclic amines) is 1. The largest absolute Gasteiger partial charge is 0.474 e. The van der Waals surface area contributed by atoms with Crippen LogP contribution in [0.3, 0.4) is 0 Å². The highest BCUT2D eigenvalue weighted by atomic mass is 32.2. The fourth-order valence-electron chi connectivity index (χ4n) is 6.67. The van der Waals surface area contributed by atoms with E-state index in [1.165, 1.54) is 0 Å². The van der Waals surface area contributed by atoms with Crippen molar-refractivity contribution >= 4 is 43.2 Å². The Morgan fingerprint density at radius 2 is 1.81 bits per heavy atom. The predicted molar refractivity (Wildman–Crippen MR) is 182 cm³/mol. The quantitative estimate of drug-likeness (QED) is 0.227. The lowest BCUT2D eigenvalue weighted by molar-refractivity contribution is -0.0365. The summed E-state index contributed by atoms with van der Waals surface area (Å²) in [5.41, 5.74) is 3.44. The summed E-state index contributed by atoms with van der Waals surface area (Å²) < 4.78 is 45.3. The van der Waals surface area contributed by atoms with Crippen LogP contribution in [-0.4, -0.2) is 77.1 Å². The molecule has 2 fully saturated rings. The lowest BCUT2D eigenvalue weighted by Crippen LogP contribution is -2.44. The minimum Gasteiger partial charge on any atom is -0.474 e. The van der Waals surface area contributed by atoms with Gasteiger partial charge < -0.3 is 19.1 Å². The molecule has 0 bridgehead atoms. The summed E-state index contributed by atoms with van der Waals surface area (Å²) in [5, 5.41) is 7.90. The van der Waals surface area contributed by atoms with Gasteiger partial charge in [0.25, 0.3) is 0 Å². The molecule has 1 unspecified atom stereocenters. The number of carbonyl (C=O) groups excluding carboxylic acids is 1. The molecule has 10 nitrogen and oxygen atoms in total. The molecule has 2 aromatic heterocycles. The van der Waals surface area contributed by atoms with Crippen molar-refractivity contribution in [1.29, 1.82) is 0 Å². The number of carbonyl (C=O) groups is 1. The number of aromatic nitrogens is 3. The van der Waals surface area contributed by atoms with Crippen molar-refractivity contribution in [2.24, 2.45) is 0 Å². The molecule has 47 heavy (non-hydrogen) atoms. The molecule has 3 aliphatic rings. The Hall–Kier alpha value is -3.96. The normalized spacial score (nSPS) is 20.7. The van der Waals surface area contributed by atoms with E-state index in [1.54, 1.807) is 4.90 Å². The molecule has 7 rings (SSSR count). The minimum absolute atomic E-state index is 0.0344. The average Bonchev–Trinajstić information content (AvgIpc) is 3.43. The molecule has 0 aliphatic carbocycles. The van der Waals surface area contributed by atoms with Crippen LogP contribution in [0.4, 0.5) is 4.79 Å². The number of piperidine rings is 1. The van der Waals surface area contributed by atoms with E-state index < -0.39 is 15.4 Å². The van der Waals surface area contributed by atoms with Crippen LogP contribution in [0.15, 0.2) is 54.6 Å². The number of allylic oxidation sites excluding steroid dienone is 1. The third kappa shape index (κ3) is 6.87. The highest BCUT2D eigenvalue weighted by molar-refractivity contribution is 7.91. The van der Waals surface area contributed by atoms with Crippen molar-refractivity contribution in [3.8, 4) is 17.3 Å². The number of fused-ring (bicyclic) bond motifs is 2. The molecular weight excluding hydrogens is 616 g/mol. The molecule has 11 heteroatoms. The van der Waals surface area contributed by atoms with Crippen LogP contribution in [0.1, 0.15) is 71.1 Å². The molecule has 3 aliphatic heterocycles. The van der Waals surface area contributed by atoms with E-state index in [-0.39, 0.29) is 29.9 Å². The first-order chi connectivity index (χ1) is 22.5. The second kappa shape index (κ2) is 12.6. The second-order valence-electron chi connectivity index (χ2n) is 13.8. The van der Waals surface area contributed by atoms with E-state index in [9.17, 15) is 13.2 Å². The van der Waals surface area contributed by atoms with Crippen molar-refractivity contribution in [3.05, 3.63) is 60.2 Å². The van der Waals surface area contributed by atoms with Gasteiger partial charge in [-0.2, -0.15) is 5.10 Å². The van der Waals surface area contributed by atoms with Crippen LogP contribution in [0.5, 0.6) is 5.88 Å². The summed E-state index contributed by atoms with van der Waals surface area (Å²) in [6.45, 7) is 7.39. The molecule has 0 spiro atoms. The van der Waals surface area contributed by atoms with Gasteiger partial charge in [0.15, 0.2) is 16.1 Å². The Labute approximate surface area is 275 Å². The highest BCUT2D eigenvalue weighted by Gasteiger charge is 2.29. The van der Waals surface area contributed by atoms with Crippen molar-refractivity contribution in [2.75, 3.05) is 31.2 Å². The van der Waals surface area contributed by atoms with Gasteiger partial charge in [0, 0.05) is 43.3 Å². The number of sulfone groups is 1. The van der Waals surface area contributed by atoms with Gasteiger partial charge in [0.2, 0.25) is 5.88 Å². The lowest BCUT2D eigenvalue weighted by atomic mass is 10.0. The number of benzene rings is 2. The van der Waals surface area contributed by atoms with Gasteiger partial charge in [-0.15, -0.1) is 0 Å². The Morgan fingerprint density at radius 1 is 1.00 bits per heavy atom. The van der Waals surface area contributed by atoms with Crippen molar-refractivity contribution < 1.29 is 27.4 Å². The number of hydrogen-bond acceptors (Lipinski definition) is 8. The molecule has 5 heterocycles. The fourth-order valence-corrected chi connectivity index (χ4v) is 8.05. The first-order valence-corrected chi connectivity index (χ1v) is 18.4. The van der Waals surface area contributed by atoms with Crippen LogP contribution in [0, 0.1) is 0 Å². The van der Waals surface area contributed by atoms with Gasteiger partial charge in [-0.25, -0.2) is 22.9 Å². The van der Waals surface area contributed by atoms with Crippen molar-refractivity contribution in [2.45, 2.75) is 77.2 Å². The van der Waals surface area contributed by atoms with E-state index in [1.807, 2.05) is 80.1 Å². The minimum atomic E-state index is -3.13. The third-order valence-corrected chi connectivity index (χ3v) is 10.6. The molecule has 0 radical (unpaired) electrons. The maximum Gasteiger partial charge on any atom is 0.410 e. The smallest absolute Gasteiger partial charge is 0.410 e. The second-order valence-corrected chi connectivity index (χ2v) is 16.0. The number of rotatable bonds is 5. The van der Waals surface area contributed by atoms with Crippen LogP contribution in [0.25, 0.3) is 38.6 Å². The van der Waals surface area contributed by atoms with Crippen molar-refractivity contribution in [3.63, 3.8) is 0 Å². The van der Waals surface area contributed by atoms with E-state index >= 15 is 0 Å². The Bertz CT molecular complexity index is 1950. The fraction of sp³-hybridized carbons (Fsp3) is 0.472. The monoisotopic (exact) mass is 658 g/mol. The molecule has 1 amide bonds. The number of amides is 1. The Balaban J connectivity index is 1.25. The van der Waals surface area contributed by atoms with Crippen LogP contribution in [0.2, 0.25) is 0 Å². The van der Waals surface area contributed by atoms with E-state index in [4.69, 9.17) is 24.3 Å². The summed E-state index contributed by atoms with van der Waals surface area (Å²) in [6.07, 6.45) is 6.22. The predicted octanol–water partition coefficient (Wildman–Crippen LogP) is 6.93. The summed E-state index contributed by atoms with van der Waals surface area (Å²) >= 11 is 0. The number of ether oxygens (including phenoxy) is 3. The van der Waals surface area contributed by atoms with Crippen LogP contribution < -0.4 is 4.74 Å². The lowest BCUT2D eigenvalue weighted by Gasteiger charge is -2.33. The van der Waals surface area contributed by atoms with Gasteiger partial charge in [-0.1, -0.05) is 30.3 Å². The van der Waals surface area contributed by atoms with Gasteiger partial charge in [-0.05, 0) is 87.2 Å². The Kier molecular flexibility index (Phi) is 8.46. The Morgan fingerprint density at radius 3 is 2.55 bits per heavy atom. The molecule has 0 N–H and O–H groups in total. The third-order valence-electron chi connectivity index (χ3n) is 9.02. The topological polar surface area (TPSA) is 113 Å². The molecule has 2 aromatic carbocycles. The van der Waals surface area contributed by atoms with Gasteiger partial charge in [0.05, 0.1) is 22.7 Å². The zero-order valence-corrected chi connectivity index (χ0v) is 28.1. The summed E-state index contributed by atoms with van der Waals surface area (Å²) in [4.78, 5) is 19.5. The number of pyridine rings is 1. The first kappa shape index (κ1) is 31.6. The molecule has 1 atom stereocenters. The van der Waals surface area contributed by atoms with E-state index in [0.29, 0.717) is 56.2 Å². The summed E-state index contributed by atoms with van der Waals surface area (Å²) in [7, 11) is -3.13. The van der Waals surface area contributed by atoms with Gasteiger partial charge in [-0.3, -0.25) is 0 Å². The zero-order chi connectivity index (χ0) is 32.8. The number of hydrogen-bond donors (Lipinski definition) is 0. The standard InChI is InChI=1S/C36H42N4O6S/c1-36(2,3)46-35(41)39-17-15-27(16-18-39)45-34-28-11-5-4-9-25(28)22-30(37-34)33-29-21-24(26-10-8-20-47(42,43)23-26)13-14-31(29)40(38-33)32-12-6-7-19-44-32/h4-5,9-11,13-14,21-22,27,32H,6-8,12,15-20,23H2,1-3H3. The van der Waals surface area contributed by atoms with Gasteiger partial charge >= 0.3 is 6.09 Å². The van der Waals surface area contributed by atoms with E-state index in [0.717, 1.165) is 52.1 Å². The van der Waals surface area contributed by atoms with Crippen molar-refractivity contribution in [1.82, 2.24) is 19.7 Å². The average molecular weight is 659 g/mol. The molecule has 248 valence electrons. The van der Waals surface area contributed by atoms with Crippen LogP contribution >= 0.6 is 0 Å². The molecule has 0 saturated carbocycles. The summed E-state index contributed by atoms with van der Waals surface area (Å²) in [5.74, 6) is 0.750. The number of nitrogens with zero attached hydrogens (tertiary/aromatic N) is 4. The first-order valence-electron chi connectivity index (χ1n) is 16.6. The molecule has 2 saturated heterocycles. The van der Waals surface area contributed by atoms with E-state index in [2.05, 4.69) is 0 Å².